The van der Waals surface area contributed by atoms with Gasteiger partial charge >= 0.3 is 12.1 Å². The first-order valence-corrected chi connectivity index (χ1v) is 6.30. The largest absolute Gasteiger partial charge is 0.480 e. The van der Waals surface area contributed by atoms with E-state index >= 15 is 0 Å². The van der Waals surface area contributed by atoms with Crippen LogP contribution in [0.4, 0.5) is 17.6 Å². The molecule has 8 heteroatoms. The van der Waals surface area contributed by atoms with Crippen LogP contribution in [-0.2, 0) is 11.0 Å². The minimum Gasteiger partial charge on any atom is -0.480 e. The predicted octanol–water partition coefficient (Wildman–Crippen LogP) is 4.07. The molecule has 0 saturated carbocycles. The first-order valence-electron chi connectivity index (χ1n) is 5.04. The highest BCUT2D eigenvalue weighted by Gasteiger charge is 2.50. The Balaban J connectivity index is 2.56. The summed E-state index contributed by atoms with van der Waals surface area (Å²) in [7, 11) is 0. The molecule has 0 aromatic heterocycles. The van der Waals surface area contributed by atoms with Gasteiger partial charge in [-0.25, -0.2) is 4.39 Å². The number of benzene rings is 1. The number of thioether (sulfide) groups is 1. The van der Waals surface area contributed by atoms with Crippen molar-refractivity contribution in [3.63, 3.8) is 0 Å². The summed E-state index contributed by atoms with van der Waals surface area (Å²) in [6, 6.07) is 1.27. The molecule has 0 amide bonds. The second kappa shape index (κ2) is 4.28. The number of hydrogen-bond acceptors (Lipinski definition) is 2. The highest BCUT2D eigenvalue weighted by atomic mass is 35.5. The van der Waals surface area contributed by atoms with Gasteiger partial charge in [-0.1, -0.05) is 0 Å². The zero-order chi connectivity index (χ0) is 14.6. The van der Waals surface area contributed by atoms with Crippen LogP contribution < -0.4 is 0 Å². The first kappa shape index (κ1) is 14.5. The number of carboxylic acids is 1. The van der Waals surface area contributed by atoms with Crippen LogP contribution >= 0.6 is 23.4 Å². The van der Waals surface area contributed by atoms with Crippen molar-refractivity contribution in [1.82, 2.24) is 0 Å². The van der Waals surface area contributed by atoms with Gasteiger partial charge in [0.25, 0.3) is 0 Å². The number of alkyl halides is 4. The predicted molar refractivity (Wildman–Crippen MR) is 61.9 cm³/mol. The summed E-state index contributed by atoms with van der Waals surface area (Å²) in [6.45, 7) is 1.29. The van der Waals surface area contributed by atoms with Gasteiger partial charge in [0.1, 0.15) is 10.6 Å². The van der Waals surface area contributed by atoms with Gasteiger partial charge in [-0.2, -0.15) is 13.2 Å². The molecule has 2 atom stereocenters. The number of halogens is 5. The average molecular weight is 315 g/mol. The van der Waals surface area contributed by atoms with Crippen molar-refractivity contribution < 1.29 is 27.5 Å². The molecular formula is C11H7ClF4O2S. The van der Waals surface area contributed by atoms with Crippen molar-refractivity contribution >= 4 is 29.3 Å². The van der Waals surface area contributed by atoms with E-state index in [1.807, 2.05) is 0 Å². The molecule has 0 fully saturated rings. The van der Waals surface area contributed by atoms with Crippen molar-refractivity contribution in [3.05, 3.63) is 29.1 Å². The smallest absolute Gasteiger partial charge is 0.419 e. The average Bonchev–Trinajstić information content (AvgIpc) is 2.51. The second-order valence-electron chi connectivity index (χ2n) is 4.24. The molecule has 0 bridgehead atoms. The molecule has 1 heterocycles. The number of rotatable bonds is 1. The van der Waals surface area contributed by atoms with Crippen molar-refractivity contribution in [2.24, 2.45) is 0 Å². The molecule has 2 rings (SSSR count). The maximum absolute atomic E-state index is 13.4. The zero-order valence-corrected chi connectivity index (χ0v) is 11.0. The topological polar surface area (TPSA) is 37.3 Å². The van der Waals surface area contributed by atoms with E-state index in [0.29, 0.717) is 23.9 Å². The number of carbonyl (C=O) groups is 1. The Morgan fingerprint density at radius 3 is 2.53 bits per heavy atom. The minimum atomic E-state index is -4.83. The molecule has 2 nitrogen and oxygen atoms in total. The quantitative estimate of drug-likeness (QED) is 0.627. The van der Waals surface area contributed by atoms with Crippen molar-refractivity contribution in [1.29, 1.82) is 0 Å². The van der Waals surface area contributed by atoms with Gasteiger partial charge in [0.2, 0.25) is 0 Å². The summed E-state index contributed by atoms with van der Waals surface area (Å²) in [5.74, 6) is -2.71. The molecule has 1 aliphatic heterocycles. The van der Waals surface area contributed by atoms with E-state index in [4.69, 9.17) is 16.7 Å². The van der Waals surface area contributed by atoms with E-state index in [1.165, 1.54) is 6.92 Å². The third kappa shape index (κ3) is 2.18. The van der Waals surface area contributed by atoms with Crippen LogP contribution in [0.2, 0.25) is 0 Å². The van der Waals surface area contributed by atoms with E-state index in [0.717, 1.165) is 0 Å². The minimum absolute atomic E-state index is 0.0404. The van der Waals surface area contributed by atoms with Gasteiger partial charge < -0.3 is 5.11 Å². The molecule has 1 aromatic carbocycles. The normalized spacial score (nSPS) is 26.3. The highest BCUT2D eigenvalue weighted by Crippen LogP contribution is 2.56. The fourth-order valence-corrected chi connectivity index (χ4v) is 3.52. The molecule has 19 heavy (non-hydrogen) atoms. The van der Waals surface area contributed by atoms with Gasteiger partial charge in [0.05, 0.1) is 10.9 Å². The Hall–Kier alpha value is -0.950. The SMILES string of the molecule is CC1(C(=O)O)Sc2cc(C(F)(F)F)c(F)cc2C1Cl. The number of aliphatic carboxylic acids is 1. The van der Waals surface area contributed by atoms with Crippen LogP contribution in [-0.4, -0.2) is 15.8 Å². The molecule has 0 saturated heterocycles. The van der Waals surface area contributed by atoms with Crippen molar-refractivity contribution in [2.75, 3.05) is 0 Å². The van der Waals surface area contributed by atoms with Gasteiger partial charge in [0.15, 0.2) is 0 Å². The number of carboxylic acid groups (broad SMARTS) is 1. The van der Waals surface area contributed by atoms with Crippen LogP contribution in [0.1, 0.15) is 23.4 Å². The third-order valence-electron chi connectivity index (χ3n) is 2.91. The Bertz CT molecular complexity index is 560. The molecule has 1 aliphatic rings. The summed E-state index contributed by atoms with van der Waals surface area (Å²) in [6.07, 6.45) is -4.83. The van der Waals surface area contributed by atoms with Crippen LogP contribution in [0.3, 0.4) is 0 Å². The highest BCUT2D eigenvalue weighted by molar-refractivity contribution is 8.01. The van der Waals surface area contributed by atoms with E-state index in [-0.39, 0.29) is 10.5 Å². The van der Waals surface area contributed by atoms with Crippen molar-refractivity contribution in [2.45, 2.75) is 28.1 Å². The van der Waals surface area contributed by atoms with Gasteiger partial charge in [0, 0.05) is 4.90 Å². The number of fused-ring (bicyclic) bond motifs is 1. The van der Waals surface area contributed by atoms with E-state index in [1.54, 1.807) is 0 Å². The summed E-state index contributed by atoms with van der Waals surface area (Å²) in [4.78, 5) is 11.2. The lowest BCUT2D eigenvalue weighted by Crippen LogP contribution is -2.32. The maximum atomic E-state index is 13.4. The Morgan fingerprint density at radius 1 is 1.47 bits per heavy atom. The second-order valence-corrected chi connectivity index (χ2v) is 6.17. The summed E-state index contributed by atoms with van der Waals surface area (Å²) in [5, 5.41) is 8.00. The standard InChI is InChI=1S/C11H7ClF4O2S/c1-10(9(17)18)8(12)4-2-6(13)5(11(14,15)16)3-7(4)19-10/h2-3,8H,1H3,(H,17,18). The fraction of sp³-hybridized carbons (Fsp3) is 0.364. The third-order valence-corrected chi connectivity index (χ3v) is 5.12. The van der Waals surface area contributed by atoms with E-state index in [9.17, 15) is 22.4 Å². The van der Waals surface area contributed by atoms with Gasteiger partial charge in [-0.05, 0) is 24.6 Å². The summed E-state index contributed by atoms with van der Waals surface area (Å²) < 4.78 is 49.6. The Kier molecular flexibility index (Phi) is 3.25. The monoisotopic (exact) mass is 314 g/mol. The van der Waals surface area contributed by atoms with Crippen LogP contribution in [0.15, 0.2) is 17.0 Å². The molecule has 104 valence electrons. The number of hydrogen-bond donors (Lipinski definition) is 1. The van der Waals surface area contributed by atoms with E-state index in [2.05, 4.69) is 0 Å². The fourth-order valence-electron chi connectivity index (χ4n) is 1.80. The summed E-state index contributed by atoms with van der Waals surface area (Å²) in [5.41, 5.74) is -1.35. The molecule has 0 radical (unpaired) electrons. The zero-order valence-electron chi connectivity index (χ0n) is 9.39. The molecule has 0 spiro atoms. The van der Waals surface area contributed by atoms with Crippen LogP contribution in [0.5, 0.6) is 0 Å². The lowest BCUT2D eigenvalue weighted by molar-refractivity contribution is -0.140. The molecule has 1 aromatic rings. The maximum Gasteiger partial charge on any atom is 0.419 e. The molecular weight excluding hydrogens is 308 g/mol. The van der Waals surface area contributed by atoms with E-state index < -0.39 is 33.7 Å². The van der Waals surface area contributed by atoms with Crippen molar-refractivity contribution in [3.8, 4) is 0 Å². The Labute approximate surface area is 114 Å². The first-order chi connectivity index (χ1) is 8.57. The molecule has 1 N–H and O–H groups in total. The Morgan fingerprint density at radius 2 is 2.05 bits per heavy atom. The lowest BCUT2D eigenvalue weighted by atomic mass is 9.99. The van der Waals surface area contributed by atoms with Crippen LogP contribution in [0.25, 0.3) is 0 Å². The van der Waals surface area contributed by atoms with Gasteiger partial charge in [-0.3, -0.25) is 4.79 Å². The molecule has 0 aliphatic carbocycles. The van der Waals surface area contributed by atoms with Gasteiger partial charge in [-0.15, -0.1) is 23.4 Å². The summed E-state index contributed by atoms with van der Waals surface area (Å²) >= 11 is 6.63. The van der Waals surface area contributed by atoms with Crippen LogP contribution in [0, 0.1) is 5.82 Å². The molecule has 2 unspecified atom stereocenters. The lowest BCUT2D eigenvalue weighted by Gasteiger charge is -2.20.